The molecule has 3 heteroatoms. The summed E-state index contributed by atoms with van der Waals surface area (Å²) >= 11 is 0. The van der Waals surface area contributed by atoms with Gasteiger partial charge >= 0.3 is 0 Å². The van der Waals surface area contributed by atoms with Crippen LogP contribution in [0.3, 0.4) is 0 Å². The third kappa shape index (κ3) is 2.14. The zero-order valence-corrected chi connectivity index (χ0v) is 17.8. The molecule has 3 heterocycles. The molecule has 0 spiro atoms. The van der Waals surface area contributed by atoms with E-state index in [1.54, 1.807) is 0 Å². The lowest BCUT2D eigenvalue weighted by Gasteiger charge is -2.10. The largest absolute Gasteiger partial charge is 0.354 e. The summed E-state index contributed by atoms with van der Waals surface area (Å²) in [5.74, 6) is 0. The highest BCUT2D eigenvalue weighted by Crippen LogP contribution is 2.40. The Morgan fingerprint density at radius 3 is 1.79 bits per heavy atom. The maximum Gasteiger partial charge on any atom is 0.0562 e. The second kappa shape index (κ2) is 6.05. The molecule has 0 bridgehead atoms. The van der Waals surface area contributed by atoms with E-state index in [2.05, 4.69) is 123 Å². The van der Waals surface area contributed by atoms with E-state index in [1.807, 2.05) is 0 Å². The standard InChI is InChI=1S/C30H19N3/c1-2-8-19(9-3-1)32-25-13-5-4-10-21(25)22-18-20(16-17-26(22)32)33-27-14-6-11-23-29(27)30-24(31-23)12-7-15-28(30)33/h1-18,31H. The first-order valence-electron chi connectivity index (χ1n) is 11.3. The summed E-state index contributed by atoms with van der Waals surface area (Å²) < 4.78 is 4.77. The van der Waals surface area contributed by atoms with Gasteiger partial charge in [-0.1, -0.05) is 48.5 Å². The van der Waals surface area contributed by atoms with E-state index in [9.17, 15) is 0 Å². The summed E-state index contributed by atoms with van der Waals surface area (Å²) in [5.41, 5.74) is 9.70. The smallest absolute Gasteiger partial charge is 0.0562 e. The van der Waals surface area contributed by atoms with Gasteiger partial charge in [-0.3, -0.25) is 0 Å². The van der Waals surface area contributed by atoms with Crippen molar-refractivity contribution in [3.63, 3.8) is 0 Å². The molecule has 0 fully saturated rings. The van der Waals surface area contributed by atoms with Crippen LogP contribution in [-0.4, -0.2) is 14.1 Å². The lowest BCUT2D eigenvalue weighted by atomic mass is 10.1. The first kappa shape index (κ1) is 17.1. The Labute approximate surface area is 189 Å². The van der Waals surface area contributed by atoms with E-state index >= 15 is 0 Å². The summed E-state index contributed by atoms with van der Waals surface area (Å²) in [4.78, 5) is 3.58. The van der Waals surface area contributed by atoms with Gasteiger partial charge in [0.05, 0.1) is 22.1 Å². The Hall–Kier alpha value is -4.50. The summed E-state index contributed by atoms with van der Waals surface area (Å²) in [5, 5.41) is 5.17. The molecule has 154 valence electrons. The number of nitrogens with zero attached hydrogens (tertiary/aromatic N) is 2. The van der Waals surface area contributed by atoms with Gasteiger partial charge in [-0.2, -0.15) is 0 Å². The van der Waals surface area contributed by atoms with Gasteiger partial charge in [-0.15, -0.1) is 0 Å². The van der Waals surface area contributed by atoms with Crippen LogP contribution < -0.4 is 0 Å². The van der Waals surface area contributed by atoms with Crippen LogP contribution >= 0.6 is 0 Å². The Balaban J connectivity index is 1.50. The van der Waals surface area contributed by atoms with Crippen molar-refractivity contribution < 1.29 is 0 Å². The molecule has 0 aliphatic carbocycles. The molecule has 5 aromatic carbocycles. The second-order valence-corrected chi connectivity index (χ2v) is 8.75. The zero-order valence-electron chi connectivity index (χ0n) is 17.8. The van der Waals surface area contributed by atoms with Gasteiger partial charge in [0.15, 0.2) is 0 Å². The van der Waals surface area contributed by atoms with E-state index in [0.717, 1.165) is 0 Å². The van der Waals surface area contributed by atoms with Crippen LogP contribution in [0.1, 0.15) is 0 Å². The minimum absolute atomic E-state index is 1.18. The van der Waals surface area contributed by atoms with Crippen molar-refractivity contribution in [1.29, 1.82) is 0 Å². The van der Waals surface area contributed by atoms with Crippen LogP contribution in [0.4, 0.5) is 0 Å². The fourth-order valence-corrected chi connectivity index (χ4v) is 5.69. The Morgan fingerprint density at radius 1 is 0.424 bits per heavy atom. The van der Waals surface area contributed by atoms with Gasteiger partial charge in [-0.05, 0) is 60.7 Å². The van der Waals surface area contributed by atoms with Crippen LogP contribution in [0, 0.1) is 0 Å². The normalized spacial score (nSPS) is 12.2. The number of nitrogens with one attached hydrogen (secondary N) is 1. The van der Waals surface area contributed by atoms with Crippen molar-refractivity contribution in [2.75, 3.05) is 0 Å². The summed E-state index contributed by atoms with van der Waals surface area (Å²) in [6.07, 6.45) is 0. The highest BCUT2D eigenvalue weighted by molar-refractivity contribution is 6.24. The van der Waals surface area contributed by atoms with E-state index in [4.69, 9.17) is 0 Å². The Morgan fingerprint density at radius 2 is 1.03 bits per heavy atom. The van der Waals surface area contributed by atoms with Gasteiger partial charge < -0.3 is 14.1 Å². The molecule has 0 saturated carbocycles. The number of hydrogen-bond donors (Lipinski definition) is 1. The molecule has 1 N–H and O–H groups in total. The average molecular weight is 422 g/mol. The third-order valence-electron chi connectivity index (χ3n) is 7.01. The van der Waals surface area contributed by atoms with E-state index in [0.29, 0.717) is 0 Å². The van der Waals surface area contributed by atoms with E-state index < -0.39 is 0 Å². The fourth-order valence-electron chi connectivity index (χ4n) is 5.69. The molecule has 8 aromatic rings. The molecule has 0 aliphatic rings. The molecule has 3 nitrogen and oxygen atoms in total. The SMILES string of the molecule is c1ccc(-n2c3ccccc3c3cc(-n4c5cccc6[nH]c7cccc4c7c65)ccc32)cc1. The topological polar surface area (TPSA) is 25.6 Å². The minimum atomic E-state index is 1.18. The van der Waals surface area contributed by atoms with Crippen LogP contribution in [0.15, 0.2) is 109 Å². The number of aromatic nitrogens is 3. The van der Waals surface area contributed by atoms with Gasteiger partial charge in [0.1, 0.15) is 0 Å². The van der Waals surface area contributed by atoms with Crippen LogP contribution in [0.25, 0.3) is 66.0 Å². The van der Waals surface area contributed by atoms with Crippen molar-refractivity contribution in [2.24, 2.45) is 0 Å². The molecule has 0 saturated heterocycles. The first-order chi connectivity index (χ1) is 16.4. The Bertz CT molecular complexity index is 1900. The van der Waals surface area contributed by atoms with Crippen molar-refractivity contribution in [3.8, 4) is 11.4 Å². The zero-order chi connectivity index (χ0) is 21.5. The second-order valence-electron chi connectivity index (χ2n) is 8.75. The predicted octanol–water partition coefficient (Wildman–Crippen LogP) is 7.80. The van der Waals surface area contributed by atoms with Gasteiger partial charge in [-0.25, -0.2) is 0 Å². The molecule has 0 atom stereocenters. The lowest BCUT2D eigenvalue weighted by molar-refractivity contribution is 1.16. The number of benzene rings is 5. The maximum absolute atomic E-state index is 3.58. The molecular weight excluding hydrogens is 402 g/mol. The third-order valence-corrected chi connectivity index (χ3v) is 7.01. The number of hydrogen-bond acceptors (Lipinski definition) is 0. The van der Waals surface area contributed by atoms with Gasteiger partial charge in [0.2, 0.25) is 0 Å². The predicted molar refractivity (Wildman–Crippen MR) is 138 cm³/mol. The number of aromatic amines is 1. The molecule has 0 aliphatic heterocycles. The molecule has 3 aromatic heterocycles. The van der Waals surface area contributed by atoms with Crippen molar-refractivity contribution >= 4 is 54.6 Å². The number of fused-ring (bicyclic) bond motifs is 3. The number of para-hydroxylation sites is 2. The van der Waals surface area contributed by atoms with Crippen molar-refractivity contribution in [2.45, 2.75) is 0 Å². The Kier molecular flexibility index (Phi) is 3.14. The molecule has 33 heavy (non-hydrogen) atoms. The molecule has 8 rings (SSSR count). The van der Waals surface area contributed by atoms with E-state index in [1.165, 1.54) is 66.0 Å². The summed E-state index contributed by atoms with van der Waals surface area (Å²) in [7, 11) is 0. The van der Waals surface area contributed by atoms with Crippen molar-refractivity contribution in [1.82, 2.24) is 14.1 Å². The van der Waals surface area contributed by atoms with Crippen LogP contribution in [0.5, 0.6) is 0 Å². The van der Waals surface area contributed by atoms with Crippen LogP contribution in [-0.2, 0) is 0 Å². The minimum Gasteiger partial charge on any atom is -0.354 e. The molecule has 0 unspecified atom stereocenters. The highest BCUT2D eigenvalue weighted by Gasteiger charge is 2.19. The highest BCUT2D eigenvalue weighted by atomic mass is 15.0. The number of rotatable bonds is 2. The monoisotopic (exact) mass is 421 g/mol. The van der Waals surface area contributed by atoms with E-state index in [-0.39, 0.29) is 0 Å². The van der Waals surface area contributed by atoms with Gasteiger partial charge in [0, 0.05) is 44.0 Å². The lowest BCUT2D eigenvalue weighted by Crippen LogP contribution is -1.96. The van der Waals surface area contributed by atoms with Crippen molar-refractivity contribution in [3.05, 3.63) is 109 Å². The fraction of sp³-hybridized carbons (Fsp3) is 0. The van der Waals surface area contributed by atoms with Gasteiger partial charge in [0.25, 0.3) is 0 Å². The average Bonchev–Trinajstić information content (AvgIpc) is 3.52. The summed E-state index contributed by atoms with van der Waals surface area (Å²) in [6.45, 7) is 0. The number of H-pyrrole nitrogens is 1. The first-order valence-corrected chi connectivity index (χ1v) is 11.3. The molecular formula is C30H19N3. The van der Waals surface area contributed by atoms with Crippen LogP contribution in [0.2, 0.25) is 0 Å². The molecule has 0 radical (unpaired) electrons. The molecule has 0 amide bonds. The quantitative estimate of drug-likeness (QED) is 0.295. The summed E-state index contributed by atoms with van der Waals surface area (Å²) in [6, 6.07) is 39.3. The maximum atomic E-state index is 3.58.